The van der Waals surface area contributed by atoms with Crippen LogP contribution in [0.4, 0.5) is 5.13 Å². The molecule has 1 heterocycles. The summed E-state index contributed by atoms with van der Waals surface area (Å²) in [6.07, 6.45) is 14.2. The SMILES string of the molecule is N#CN[C@H]1CCCC[C@H]1C(=O)Nc1ncc(C2CCCCC2)s1. The van der Waals surface area contributed by atoms with Crippen LogP contribution in [-0.2, 0) is 4.79 Å². The first-order valence-electron chi connectivity index (χ1n) is 8.69. The highest BCUT2D eigenvalue weighted by Gasteiger charge is 2.31. The molecule has 0 aromatic carbocycles. The number of hydrogen-bond donors (Lipinski definition) is 2. The monoisotopic (exact) mass is 332 g/mol. The molecule has 0 radical (unpaired) electrons. The van der Waals surface area contributed by atoms with E-state index >= 15 is 0 Å². The van der Waals surface area contributed by atoms with E-state index < -0.39 is 0 Å². The summed E-state index contributed by atoms with van der Waals surface area (Å²) in [7, 11) is 0. The molecule has 2 saturated carbocycles. The standard InChI is InChI=1S/C17H24N4OS/c18-11-20-14-9-5-4-8-13(14)16(22)21-17-19-10-15(23-17)12-6-2-1-3-7-12/h10,12-14,20H,1-9H2,(H,19,21,22)/t13-,14+/m1/s1. The van der Waals surface area contributed by atoms with Gasteiger partial charge >= 0.3 is 0 Å². The van der Waals surface area contributed by atoms with Crippen molar-refractivity contribution in [3.8, 4) is 6.19 Å². The summed E-state index contributed by atoms with van der Waals surface area (Å²) >= 11 is 1.62. The summed E-state index contributed by atoms with van der Waals surface area (Å²) in [6.45, 7) is 0. The summed E-state index contributed by atoms with van der Waals surface area (Å²) in [6, 6.07) is -0.0356. The third-order valence-electron chi connectivity index (χ3n) is 5.11. The molecule has 23 heavy (non-hydrogen) atoms. The number of carbonyl (C=O) groups excluding carboxylic acids is 1. The maximum absolute atomic E-state index is 12.5. The molecule has 0 spiro atoms. The minimum absolute atomic E-state index is 0.00185. The molecule has 5 nitrogen and oxygen atoms in total. The first-order valence-corrected chi connectivity index (χ1v) is 9.51. The molecular formula is C17H24N4OS. The van der Waals surface area contributed by atoms with Crippen LogP contribution in [0.3, 0.4) is 0 Å². The van der Waals surface area contributed by atoms with Crippen molar-refractivity contribution in [2.75, 3.05) is 5.32 Å². The van der Waals surface area contributed by atoms with Crippen molar-refractivity contribution in [1.82, 2.24) is 10.3 Å². The van der Waals surface area contributed by atoms with Crippen LogP contribution >= 0.6 is 11.3 Å². The van der Waals surface area contributed by atoms with Gasteiger partial charge in [0.15, 0.2) is 11.3 Å². The molecule has 0 saturated heterocycles. The zero-order chi connectivity index (χ0) is 16.1. The zero-order valence-corrected chi connectivity index (χ0v) is 14.2. The van der Waals surface area contributed by atoms with Crippen molar-refractivity contribution in [1.29, 1.82) is 5.26 Å². The van der Waals surface area contributed by atoms with Crippen molar-refractivity contribution in [3.05, 3.63) is 11.1 Å². The quantitative estimate of drug-likeness (QED) is 0.650. The van der Waals surface area contributed by atoms with E-state index in [1.54, 1.807) is 11.3 Å². The van der Waals surface area contributed by atoms with E-state index in [1.807, 2.05) is 12.4 Å². The van der Waals surface area contributed by atoms with Gasteiger partial charge in [-0.15, -0.1) is 11.3 Å². The van der Waals surface area contributed by atoms with Gasteiger partial charge in [0.1, 0.15) is 0 Å². The van der Waals surface area contributed by atoms with Gasteiger partial charge in [0.2, 0.25) is 5.91 Å². The lowest BCUT2D eigenvalue weighted by Gasteiger charge is -2.29. The van der Waals surface area contributed by atoms with Crippen LogP contribution in [0, 0.1) is 17.4 Å². The smallest absolute Gasteiger partial charge is 0.231 e. The molecule has 2 aliphatic carbocycles. The highest BCUT2D eigenvalue weighted by Crippen LogP contribution is 2.37. The number of rotatable bonds is 4. The lowest BCUT2D eigenvalue weighted by Crippen LogP contribution is -2.42. The third-order valence-corrected chi connectivity index (χ3v) is 6.19. The maximum Gasteiger partial charge on any atom is 0.231 e. The van der Waals surface area contributed by atoms with Gasteiger partial charge in [-0.2, -0.15) is 5.26 Å². The Bertz CT molecular complexity index is 573. The molecule has 1 aromatic heterocycles. The second-order valence-electron chi connectivity index (χ2n) is 6.65. The average molecular weight is 332 g/mol. The number of aromatic nitrogens is 1. The molecule has 0 bridgehead atoms. The molecule has 6 heteroatoms. The average Bonchev–Trinajstić information content (AvgIpc) is 3.05. The zero-order valence-electron chi connectivity index (χ0n) is 13.4. The molecule has 2 fully saturated rings. The van der Waals surface area contributed by atoms with Gasteiger partial charge in [0.05, 0.1) is 5.92 Å². The van der Waals surface area contributed by atoms with E-state index in [4.69, 9.17) is 5.26 Å². The van der Waals surface area contributed by atoms with Crippen LogP contribution in [0.15, 0.2) is 6.20 Å². The molecular weight excluding hydrogens is 308 g/mol. The van der Waals surface area contributed by atoms with E-state index in [2.05, 4.69) is 15.6 Å². The van der Waals surface area contributed by atoms with Crippen LogP contribution in [0.5, 0.6) is 0 Å². The Kier molecular flexibility index (Phi) is 5.50. The number of hydrogen-bond acceptors (Lipinski definition) is 5. The van der Waals surface area contributed by atoms with Crippen molar-refractivity contribution in [2.45, 2.75) is 69.7 Å². The fourth-order valence-corrected chi connectivity index (χ4v) is 4.81. The third kappa shape index (κ3) is 4.03. The van der Waals surface area contributed by atoms with Gasteiger partial charge in [-0.25, -0.2) is 4.98 Å². The Labute approximate surface area is 141 Å². The number of carbonyl (C=O) groups is 1. The summed E-state index contributed by atoms with van der Waals surface area (Å²) < 4.78 is 0. The van der Waals surface area contributed by atoms with Crippen LogP contribution < -0.4 is 10.6 Å². The largest absolute Gasteiger partial charge is 0.320 e. The fraction of sp³-hybridized carbons (Fsp3) is 0.706. The van der Waals surface area contributed by atoms with Crippen LogP contribution in [0.1, 0.15) is 68.6 Å². The highest BCUT2D eigenvalue weighted by atomic mass is 32.1. The van der Waals surface area contributed by atoms with Crippen LogP contribution in [0.2, 0.25) is 0 Å². The molecule has 2 atom stereocenters. The minimum atomic E-state index is -0.134. The topological polar surface area (TPSA) is 77.8 Å². The summed E-state index contributed by atoms with van der Waals surface area (Å²) in [4.78, 5) is 18.2. The van der Waals surface area contributed by atoms with Gasteiger partial charge in [-0.3, -0.25) is 4.79 Å². The summed E-state index contributed by atoms with van der Waals surface area (Å²) in [5, 5.41) is 15.3. The fourth-order valence-electron chi connectivity index (χ4n) is 3.82. The Morgan fingerprint density at radius 2 is 1.91 bits per heavy atom. The van der Waals surface area contributed by atoms with E-state index in [-0.39, 0.29) is 17.9 Å². The Balaban J connectivity index is 1.61. The van der Waals surface area contributed by atoms with E-state index in [0.29, 0.717) is 11.0 Å². The Morgan fingerprint density at radius 3 is 2.70 bits per heavy atom. The van der Waals surface area contributed by atoms with E-state index in [0.717, 1.165) is 25.7 Å². The van der Waals surface area contributed by atoms with E-state index in [9.17, 15) is 4.79 Å². The molecule has 3 rings (SSSR count). The van der Waals surface area contributed by atoms with Gasteiger partial charge < -0.3 is 10.6 Å². The lowest BCUT2D eigenvalue weighted by molar-refractivity contribution is -0.121. The molecule has 2 N–H and O–H groups in total. The maximum atomic E-state index is 12.5. The first kappa shape index (κ1) is 16.3. The molecule has 124 valence electrons. The predicted molar refractivity (Wildman–Crippen MR) is 91.1 cm³/mol. The van der Waals surface area contributed by atoms with Crippen molar-refractivity contribution < 1.29 is 4.79 Å². The molecule has 2 aliphatic rings. The minimum Gasteiger partial charge on any atom is -0.320 e. The molecule has 1 amide bonds. The first-order chi connectivity index (χ1) is 11.3. The normalized spacial score (nSPS) is 25.5. The van der Waals surface area contributed by atoms with Gasteiger partial charge in [0, 0.05) is 17.1 Å². The number of thiazole rings is 1. The summed E-state index contributed by atoms with van der Waals surface area (Å²) in [5.74, 6) is 0.488. The molecule has 0 aliphatic heterocycles. The number of amides is 1. The molecule has 0 unspecified atom stereocenters. The van der Waals surface area contributed by atoms with Crippen LogP contribution in [0.25, 0.3) is 0 Å². The van der Waals surface area contributed by atoms with Crippen molar-refractivity contribution in [3.63, 3.8) is 0 Å². The van der Waals surface area contributed by atoms with Crippen molar-refractivity contribution in [2.24, 2.45) is 5.92 Å². The second kappa shape index (κ2) is 7.78. The number of nitrogens with zero attached hydrogens (tertiary/aromatic N) is 2. The summed E-state index contributed by atoms with van der Waals surface area (Å²) in [5.41, 5.74) is 0. The number of nitrogens with one attached hydrogen (secondary N) is 2. The number of nitriles is 1. The van der Waals surface area contributed by atoms with Gasteiger partial charge in [0.25, 0.3) is 0 Å². The van der Waals surface area contributed by atoms with E-state index in [1.165, 1.54) is 37.0 Å². The Hall–Kier alpha value is -1.61. The highest BCUT2D eigenvalue weighted by molar-refractivity contribution is 7.15. The van der Waals surface area contributed by atoms with Gasteiger partial charge in [-0.1, -0.05) is 32.1 Å². The lowest BCUT2D eigenvalue weighted by atomic mass is 9.84. The Morgan fingerprint density at radius 1 is 1.17 bits per heavy atom. The van der Waals surface area contributed by atoms with Gasteiger partial charge in [-0.05, 0) is 31.6 Å². The van der Waals surface area contributed by atoms with Crippen molar-refractivity contribution >= 4 is 22.4 Å². The molecule has 1 aromatic rings. The second-order valence-corrected chi connectivity index (χ2v) is 7.71. The number of anilines is 1. The van der Waals surface area contributed by atoms with Crippen LogP contribution in [-0.4, -0.2) is 16.9 Å². The predicted octanol–water partition coefficient (Wildman–Crippen LogP) is 3.76.